The second-order valence-corrected chi connectivity index (χ2v) is 5.55. The lowest BCUT2D eigenvalue weighted by molar-refractivity contribution is 0.0697. The quantitative estimate of drug-likeness (QED) is 0.889. The lowest BCUT2D eigenvalue weighted by Gasteiger charge is -2.38. The average Bonchev–Trinajstić information content (AvgIpc) is 2.28. The van der Waals surface area contributed by atoms with Crippen molar-refractivity contribution in [3.8, 4) is 0 Å². The SMILES string of the molecule is CC1CCN(c2ccc(C(=O)O)c(Cl)c2)C(C)C1. The van der Waals surface area contributed by atoms with Gasteiger partial charge >= 0.3 is 5.97 Å². The molecule has 1 aromatic rings. The van der Waals surface area contributed by atoms with Crippen molar-refractivity contribution in [2.45, 2.75) is 32.7 Å². The highest BCUT2D eigenvalue weighted by atomic mass is 35.5. The van der Waals surface area contributed by atoms with Gasteiger partial charge in [0, 0.05) is 18.3 Å². The van der Waals surface area contributed by atoms with Crippen molar-refractivity contribution in [1.29, 1.82) is 0 Å². The Bertz CT molecular complexity index is 461. The van der Waals surface area contributed by atoms with Crippen LogP contribution in [0.3, 0.4) is 0 Å². The Labute approximate surface area is 112 Å². The van der Waals surface area contributed by atoms with E-state index in [0.717, 1.165) is 24.6 Å². The summed E-state index contributed by atoms with van der Waals surface area (Å²) in [6.45, 7) is 5.48. The third-order valence-electron chi connectivity index (χ3n) is 3.65. The topological polar surface area (TPSA) is 40.5 Å². The van der Waals surface area contributed by atoms with E-state index in [1.807, 2.05) is 6.07 Å². The normalized spacial score (nSPS) is 24.1. The molecule has 0 radical (unpaired) electrons. The summed E-state index contributed by atoms with van der Waals surface area (Å²) in [5, 5.41) is 9.27. The fraction of sp³-hybridized carbons (Fsp3) is 0.500. The first-order valence-electron chi connectivity index (χ1n) is 6.28. The zero-order valence-electron chi connectivity index (χ0n) is 10.7. The molecule has 1 heterocycles. The predicted molar refractivity (Wildman–Crippen MR) is 73.6 cm³/mol. The van der Waals surface area contributed by atoms with Gasteiger partial charge in [0.25, 0.3) is 0 Å². The van der Waals surface area contributed by atoms with Crippen LogP contribution in [-0.4, -0.2) is 23.7 Å². The number of halogens is 1. The minimum absolute atomic E-state index is 0.165. The van der Waals surface area contributed by atoms with Crippen LogP contribution in [0.5, 0.6) is 0 Å². The molecule has 0 bridgehead atoms. The van der Waals surface area contributed by atoms with Crippen LogP contribution in [0.4, 0.5) is 5.69 Å². The zero-order valence-corrected chi connectivity index (χ0v) is 11.4. The van der Waals surface area contributed by atoms with E-state index < -0.39 is 5.97 Å². The molecule has 0 spiro atoms. The van der Waals surface area contributed by atoms with Gasteiger partial charge in [-0.05, 0) is 43.9 Å². The Morgan fingerprint density at radius 2 is 2.17 bits per heavy atom. The van der Waals surface area contributed by atoms with Gasteiger partial charge in [0.1, 0.15) is 0 Å². The molecule has 0 aromatic heterocycles. The van der Waals surface area contributed by atoms with E-state index in [2.05, 4.69) is 18.7 Å². The van der Waals surface area contributed by atoms with Crippen molar-refractivity contribution in [2.75, 3.05) is 11.4 Å². The van der Waals surface area contributed by atoms with Crippen molar-refractivity contribution < 1.29 is 9.90 Å². The van der Waals surface area contributed by atoms with Gasteiger partial charge in [-0.25, -0.2) is 4.79 Å². The van der Waals surface area contributed by atoms with Gasteiger partial charge in [0.15, 0.2) is 0 Å². The summed E-state index contributed by atoms with van der Waals surface area (Å²) in [6, 6.07) is 5.67. The fourth-order valence-corrected chi connectivity index (χ4v) is 2.90. The second kappa shape index (κ2) is 5.19. The highest BCUT2D eigenvalue weighted by molar-refractivity contribution is 6.33. The number of anilines is 1. The van der Waals surface area contributed by atoms with Gasteiger partial charge in [0.05, 0.1) is 10.6 Å². The van der Waals surface area contributed by atoms with Crippen molar-refractivity contribution in [3.63, 3.8) is 0 Å². The number of aromatic carboxylic acids is 1. The molecule has 2 rings (SSSR count). The third kappa shape index (κ3) is 2.61. The largest absolute Gasteiger partial charge is 0.478 e. The second-order valence-electron chi connectivity index (χ2n) is 5.14. The van der Waals surface area contributed by atoms with Crippen LogP contribution in [0, 0.1) is 5.92 Å². The molecule has 2 atom stereocenters. The Hall–Kier alpha value is -1.22. The number of carbonyl (C=O) groups is 1. The van der Waals surface area contributed by atoms with Gasteiger partial charge in [-0.15, -0.1) is 0 Å². The van der Waals surface area contributed by atoms with Gasteiger partial charge in [-0.2, -0.15) is 0 Å². The summed E-state index contributed by atoms with van der Waals surface area (Å²) in [6.07, 6.45) is 2.33. The van der Waals surface area contributed by atoms with Gasteiger partial charge in [0.2, 0.25) is 0 Å². The highest BCUT2D eigenvalue weighted by Crippen LogP contribution is 2.30. The average molecular weight is 268 g/mol. The van der Waals surface area contributed by atoms with Crippen LogP contribution in [0.15, 0.2) is 18.2 Å². The van der Waals surface area contributed by atoms with E-state index in [9.17, 15) is 4.79 Å². The first kappa shape index (κ1) is 13.2. The lowest BCUT2D eigenvalue weighted by Crippen LogP contribution is -2.40. The Morgan fingerprint density at radius 3 is 2.72 bits per heavy atom. The summed E-state index contributed by atoms with van der Waals surface area (Å²) >= 11 is 6.01. The number of rotatable bonds is 2. The van der Waals surface area contributed by atoms with Crippen LogP contribution >= 0.6 is 11.6 Å². The van der Waals surface area contributed by atoms with Crippen LogP contribution in [0.25, 0.3) is 0 Å². The van der Waals surface area contributed by atoms with Crippen molar-refractivity contribution in [3.05, 3.63) is 28.8 Å². The molecule has 1 N–H and O–H groups in total. The van der Waals surface area contributed by atoms with E-state index in [1.165, 1.54) is 6.42 Å². The summed E-state index contributed by atoms with van der Waals surface area (Å²) in [4.78, 5) is 13.2. The summed E-state index contributed by atoms with van der Waals surface area (Å²) in [5.41, 5.74) is 1.18. The number of hydrogen-bond donors (Lipinski definition) is 1. The van der Waals surface area contributed by atoms with Crippen molar-refractivity contribution in [2.24, 2.45) is 5.92 Å². The molecule has 1 saturated heterocycles. The molecular formula is C14H18ClNO2. The minimum atomic E-state index is -0.980. The smallest absolute Gasteiger partial charge is 0.337 e. The van der Waals surface area contributed by atoms with Crippen LogP contribution in [-0.2, 0) is 0 Å². The van der Waals surface area contributed by atoms with Crippen LogP contribution in [0.2, 0.25) is 5.02 Å². The number of benzene rings is 1. The Morgan fingerprint density at radius 1 is 1.44 bits per heavy atom. The molecular weight excluding hydrogens is 250 g/mol. The lowest BCUT2D eigenvalue weighted by atomic mass is 9.93. The predicted octanol–water partition coefficient (Wildman–Crippen LogP) is 3.66. The summed E-state index contributed by atoms with van der Waals surface area (Å²) in [5.74, 6) is -0.225. The first-order valence-corrected chi connectivity index (χ1v) is 6.66. The number of carboxylic acids is 1. The summed E-state index contributed by atoms with van der Waals surface area (Å²) < 4.78 is 0. The van der Waals surface area contributed by atoms with Crippen molar-refractivity contribution in [1.82, 2.24) is 0 Å². The molecule has 18 heavy (non-hydrogen) atoms. The Balaban J connectivity index is 2.24. The van der Waals surface area contributed by atoms with Gasteiger partial charge in [-0.3, -0.25) is 0 Å². The molecule has 1 aliphatic heterocycles. The van der Waals surface area contributed by atoms with Gasteiger partial charge < -0.3 is 10.0 Å². The van der Waals surface area contributed by atoms with Gasteiger partial charge in [-0.1, -0.05) is 18.5 Å². The maximum atomic E-state index is 10.9. The summed E-state index contributed by atoms with van der Waals surface area (Å²) in [7, 11) is 0. The third-order valence-corrected chi connectivity index (χ3v) is 3.97. The maximum Gasteiger partial charge on any atom is 0.337 e. The van der Waals surface area contributed by atoms with Crippen molar-refractivity contribution >= 4 is 23.3 Å². The van der Waals surface area contributed by atoms with Crippen LogP contribution < -0.4 is 4.90 Å². The molecule has 0 amide bonds. The first-order chi connectivity index (χ1) is 8.49. The number of piperidine rings is 1. The molecule has 1 aliphatic rings. The molecule has 4 heteroatoms. The standard InChI is InChI=1S/C14H18ClNO2/c1-9-5-6-16(10(2)7-9)11-3-4-12(14(17)18)13(15)8-11/h3-4,8-10H,5-7H2,1-2H3,(H,17,18). The van der Waals surface area contributed by atoms with E-state index in [4.69, 9.17) is 16.7 Å². The highest BCUT2D eigenvalue weighted by Gasteiger charge is 2.23. The van der Waals surface area contributed by atoms with E-state index in [1.54, 1.807) is 12.1 Å². The molecule has 98 valence electrons. The molecule has 3 nitrogen and oxygen atoms in total. The minimum Gasteiger partial charge on any atom is -0.478 e. The monoisotopic (exact) mass is 267 g/mol. The van der Waals surface area contributed by atoms with E-state index >= 15 is 0 Å². The van der Waals surface area contributed by atoms with E-state index in [-0.39, 0.29) is 5.56 Å². The van der Waals surface area contributed by atoms with E-state index in [0.29, 0.717) is 11.1 Å². The molecule has 0 aliphatic carbocycles. The molecule has 1 aromatic carbocycles. The number of carboxylic acid groups (broad SMARTS) is 1. The number of hydrogen-bond acceptors (Lipinski definition) is 2. The molecule has 2 unspecified atom stereocenters. The Kier molecular flexibility index (Phi) is 3.81. The molecule has 0 saturated carbocycles. The number of nitrogens with zero attached hydrogens (tertiary/aromatic N) is 1. The maximum absolute atomic E-state index is 10.9. The fourth-order valence-electron chi connectivity index (χ4n) is 2.65. The zero-order chi connectivity index (χ0) is 13.3. The molecule has 1 fully saturated rings. The van der Waals surface area contributed by atoms with Crippen LogP contribution in [0.1, 0.15) is 37.0 Å².